The van der Waals surface area contributed by atoms with E-state index in [4.69, 9.17) is 21.1 Å². The molecule has 0 saturated carbocycles. The molecule has 0 saturated heterocycles. The Morgan fingerprint density at radius 1 is 1.21 bits per heavy atom. The Bertz CT molecular complexity index is 343. The average molecular weight is 286 g/mol. The molecule has 0 bridgehead atoms. The lowest BCUT2D eigenvalue weighted by atomic mass is 10.0. The van der Waals surface area contributed by atoms with Gasteiger partial charge in [0.25, 0.3) is 0 Å². The van der Waals surface area contributed by atoms with Gasteiger partial charge in [-0.15, -0.1) is 0 Å². The second-order valence-corrected chi connectivity index (χ2v) is 5.05. The molecular formula is C15H24ClNO2. The van der Waals surface area contributed by atoms with E-state index in [-0.39, 0.29) is 6.10 Å². The fourth-order valence-corrected chi connectivity index (χ4v) is 2.17. The van der Waals surface area contributed by atoms with Crippen molar-refractivity contribution in [2.45, 2.75) is 31.9 Å². The van der Waals surface area contributed by atoms with E-state index >= 15 is 0 Å². The number of methoxy groups -OCH3 is 2. The standard InChI is InChI=1S/C15H24ClNO2/c1-4-5-15(12-6-8-13(16)9-7-12)17-10-14(19-3)11-18-2/h6-9,14-15,17H,4-5,10-11H2,1-3H3. The summed E-state index contributed by atoms with van der Waals surface area (Å²) in [5, 5.41) is 4.32. The maximum Gasteiger partial charge on any atom is 0.0928 e. The van der Waals surface area contributed by atoms with Crippen LogP contribution in [0.2, 0.25) is 5.02 Å². The first-order valence-corrected chi connectivity index (χ1v) is 7.09. The van der Waals surface area contributed by atoms with Crippen molar-refractivity contribution in [3.05, 3.63) is 34.9 Å². The average Bonchev–Trinajstić information content (AvgIpc) is 2.43. The Balaban J connectivity index is 2.59. The van der Waals surface area contributed by atoms with Crippen LogP contribution in [-0.2, 0) is 9.47 Å². The summed E-state index contributed by atoms with van der Waals surface area (Å²) in [6, 6.07) is 8.35. The highest BCUT2D eigenvalue weighted by atomic mass is 35.5. The van der Waals surface area contributed by atoms with Crippen molar-refractivity contribution in [3.63, 3.8) is 0 Å². The maximum absolute atomic E-state index is 5.93. The van der Waals surface area contributed by atoms with Gasteiger partial charge in [0, 0.05) is 31.8 Å². The molecule has 3 nitrogen and oxygen atoms in total. The number of benzene rings is 1. The first kappa shape index (κ1) is 16.4. The van der Waals surface area contributed by atoms with Crippen LogP contribution < -0.4 is 5.32 Å². The van der Waals surface area contributed by atoms with Gasteiger partial charge < -0.3 is 14.8 Å². The van der Waals surface area contributed by atoms with Gasteiger partial charge in [-0.25, -0.2) is 0 Å². The van der Waals surface area contributed by atoms with Crippen LogP contribution in [0.25, 0.3) is 0 Å². The van der Waals surface area contributed by atoms with Gasteiger partial charge >= 0.3 is 0 Å². The van der Waals surface area contributed by atoms with Gasteiger partial charge in [0.15, 0.2) is 0 Å². The summed E-state index contributed by atoms with van der Waals surface area (Å²) in [6.07, 6.45) is 2.30. The molecule has 0 amide bonds. The molecule has 0 heterocycles. The third-order valence-corrected chi connectivity index (χ3v) is 3.38. The van der Waals surface area contributed by atoms with Crippen LogP contribution in [-0.4, -0.2) is 33.5 Å². The van der Waals surface area contributed by atoms with E-state index in [0.717, 1.165) is 24.4 Å². The molecule has 1 rings (SSSR count). The summed E-state index contributed by atoms with van der Waals surface area (Å²) in [4.78, 5) is 0. The summed E-state index contributed by atoms with van der Waals surface area (Å²) >= 11 is 5.93. The predicted molar refractivity (Wildman–Crippen MR) is 79.8 cm³/mol. The maximum atomic E-state index is 5.93. The smallest absolute Gasteiger partial charge is 0.0928 e. The van der Waals surface area contributed by atoms with Crippen LogP contribution in [0.1, 0.15) is 31.4 Å². The lowest BCUT2D eigenvalue weighted by Gasteiger charge is -2.22. The van der Waals surface area contributed by atoms with Crippen molar-refractivity contribution in [1.82, 2.24) is 5.32 Å². The van der Waals surface area contributed by atoms with Crippen molar-refractivity contribution >= 4 is 11.6 Å². The van der Waals surface area contributed by atoms with Gasteiger partial charge in [-0.2, -0.15) is 0 Å². The SMILES string of the molecule is CCCC(NCC(COC)OC)c1ccc(Cl)cc1. The van der Waals surface area contributed by atoms with E-state index in [1.807, 2.05) is 12.1 Å². The molecule has 1 aromatic rings. The number of nitrogens with one attached hydrogen (secondary N) is 1. The van der Waals surface area contributed by atoms with E-state index in [2.05, 4.69) is 24.4 Å². The third kappa shape index (κ3) is 5.91. The monoisotopic (exact) mass is 285 g/mol. The number of rotatable bonds is 9. The minimum Gasteiger partial charge on any atom is -0.382 e. The molecule has 0 radical (unpaired) electrons. The largest absolute Gasteiger partial charge is 0.382 e. The summed E-state index contributed by atoms with van der Waals surface area (Å²) in [6.45, 7) is 3.56. The number of hydrogen-bond donors (Lipinski definition) is 1. The molecule has 19 heavy (non-hydrogen) atoms. The Kier molecular flexibility index (Phi) is 8.07. The molecule has 2 unspecified atom stereocenters. The number of ether oxygens (including phenoxy) is 2. The zero-order valence-corrected chi connectivity index (χ0v) is 12.7. The highest BCUT2D eigenvalue weighted by molar-refractivity contribution is 6.30. The topological polar surface area (TPSA) is 30.5 Å². The number of halogens is 1. The fraction of sp³-hybridized carbons (Fsp3) is 0.600. The molecule has 108 valence electrons. The Morgan fingerprint density at radius 2 is 1.89 bits per heavy atom. The summed E-state index contributed by atoms with van der Waals surface area (Å²) in [5.74, 6) is 0. The Labute approximate surface area is 121 Å². The van der Waals surface area contributed by atoms with Crippen molar-refractivity contribution in [1.29, 1.82) is 0 Å². The zero-order chi connectivity index (χ0) is 14.1. The zero-order valence-electron chi connectivity index (χ0n) is 12.0. The lowest BCUT2D eigenvalue weighted by molar-refractivity contribution is 0.0271. The molecule has 0 fully saturated rings. The molecule has 0 aliphatic carbocycles. The second-order valence-electron chi connectivity index (χ2n) is 4.61. The lowest BCUT2D eigenvalue weighted by Crippen LogP contribution is -2.34. The first-order valence-electron chi connectivity index (χ1n) is 6.71. The normalized spacial score (nSPS) is 14.3. The highest BCUT2D eigenvalue weighted by Gasteiger charge is 2.13. The summed E-state index contributed by atoms with van der Waals surface area (Å²) < 4.78 is 10.5. The van der Waals surface area contributed by atoms with Gasteiger partial charge in [0.05, 0.1) is 12.7 Å². The van der Waals surface area contributed by atoms with Crippen molar-refractivity contribution in [2.24, 2.45) is 0 Å². The Hall–Kier alpha value is -0.610. The molecular weight excluding hydrogens is 262 g/mol. The van der Waals surface area contributed by atoms with Crippen molar-refractivity contribution in [2.75, 3.05) is 27.4 Å². The number of hydrogen-bond acceptors (Lipinski definition) is 3. The minimum absolute atomic E-state index is 0.0802. The predicted octanol–water partition coefficient (Wildman–Crippen LogP) is 3.43. The molecule has 0 spiro atoms. The highest BCUT2D eigenvalue weighted by Crippen LogP contribution is 2.20. The van der Waals surface area contributed by atoms with Crippen molar-refractivity contribution in [3.8, 4) is 0 Å². The summed E-state index contributed by atoms with van der Waals surface area (Å²) in [5.41, 5.74) is 1.26. The van der Waals surface area contributed by atoms with Crippen LogP contribution in [0.5, 0.6) is 0 Å². The van der Waals surface area contributed by atoms with E-state index < -0.39 is 0 Å². The molecule has 0 aliphatic heterocycles. The van der Waals surface area contributed by atoms with E-state index in [1.165, 1.54) is 5.56 Å². The molecule has 2 atom stereocenters. The van der Waals surface area contributed by atoms with Crippen LogP contribution in [0.4, 0.5) is 0 Å². The van der Waals surface area contributed by atoms with E-state index in [0.29, 0.717) is 12.6 Å². The van der Waals surface area contributed by atoms with Gasteiger partial charge in [-0.3, -0.25) is 0 Å². The quantitative estimate of drug-likeness (QED) is 0.754. The van der Waals surface area contributed by atoms with Crippen LogP contribution >= 0.6 is 11.6 Å². The summed E-state index contributed by atoms with van der Waals surface area (Å²) in [7, 11) is 3.40. The van der Waals surface area contributed by atoms with Gasteiger partial charge in [-0.05, 0) is 24.1 Å². The molecule has 0 aromatic heterocycles. The van der Waals surface area contributed by atoms with Crippen LogP contribution in [0.3, 0.4) is 0 Å². The van der Waals surface area contributed by atoms with Gasteiger partial charge in [0.1, 0.15) is 0 Å². The molecule has 4 heteroatoms. The van der Waals surface area contributed by atoms with E-state index in [9.17, 15) is 0 Å². The van der Waals surface area contributed by atoms with Crippen LogP contribution in [0, 0.1) is 0 Å². The fourth-order valence-electron chi connectivity index (χ4n) is 2.04. The van der Waals surface area contributed by atoms with Gasteiger partial charge in [0.2, 0.25) is 0 Å². The molecule has 1 aromatic carbocycles. The van der Waals surface area contributed by atoms with Crippen LogP contribution in [0.15, 0.2) is 24.3 Å². The van der Waals surface area contributed by atoms with Gasteiger partial charge in [-0.1, -0.05) is 37.1 Å². The van der Waals surface area contributed by atoms with E-state index in [1.54, 1.807) is 14.2 Å². The third-order valence-electron chi connectivity index (χ3n) is 3.13. The Morgan fingerprint density at radius 3 is 2.42 bits per heavy atom. The minimum atomic E-state index is 0.0802. The second kappa shape index (κ2) is 9.32. The van der Waals surface area contributed by atoms with Crippen molar-refractivity contribution < 1.29 is 9.47 Å². The molecule has 0 aliphatic rings. The first-order chi connectivity index (χ1) is 9.21. The molecule has 1 N–H and O–H groups in total.